The third-order valence-corrected chi connectivity index (χ3v) is 2.93. The summed E-state index contributed by atoms with van der Waals surface area (Å²) in [5, 5.41) is 8.90. The molecule has 0 saturated heterocycles. The van der Waals surface area contributed by atoms with Gasteiger partial charge in [0.05, 0.1) is 0 Å². The standard InChI is InChI=1S/C14H18N4O2/c1-3-18(4-2)12-7-5-11(6-8-12)15-14(19)16-13-9-10-20-17-13/h5-10H,3-4H2,1-2H3,(H2,15,16,17,19). The Labute approximate surface area is 117 Å². The van der Waals surface area contributed by atoms with Crippen LogP contribution in [0.3, 0.4) is 0 Å². The van der Waals surface area contributed by atoms with E-state index in [1.165, 1.54) is 6.26 Å². The lowest BCUT2D eigenvalue weighted by atomic mass is 10.2. The van der Waals surface area contributed by atoms with Crippen LogP contribution < -0.4 is 15.5 Å². The van der Waals surface area contributed by atoms with Crippen molar-refractivity contribution in [3.8, 4) is 0 Å². The molecule has 1 aromatic carbocycles. The number of nitrogens with one attached hydrogen (secondary N) is 2. The van der Waals surface area contributed by atoms with Crippen molar-refractivity contribution >= 4 is 23.2 Å². The van der Waals surface area contributed by atoms with E-state index in [9.17, 15) is 4.79 Å². The Balaban J connectivity index is 1.95. The van der Waals surface area contributed by atoms with Crippen molar-refractivity contribution in [2.24, 2.45) is 0 Å². The average Bonchev–Trinajstić information content (AvgIpc) is 2.94. The van der Waals surface area contributed by atoms with Gasteiger partial charge in [-0.1, -0.05) is 5.16 Å². The van der Waals surface area contributed by atoms with E-state index in [0.29, 0.717) is 5.82 Å². The number of benzene rings is 1. The normalized spacial score (nSPS) is 10.1. The summed E-state index contributed by atoms with van der Waals surface area (Å²) in [6, 6.07) is 8.93. The first-order valence-corrected chi connectivity index (χ1v) is 6.56. The molecule has 2 aromatic rings. The van der Waals surface area contributed by atoms with Crippen molar-refractivity contribution < 1.29 is 9.32 Å². The summed E-state index contributed by atoms with van der Waals surface area (Å²) < 4.78 is 4.63. The Morgan fingerprint density at radius 2 is 1.85 bits per heavy atom. The number of carbonyl (C=O) groups is 1. The van der Waals surface area contributed by atoms with Crippen LogP contribution in [-0.2, 0) is 0 Å². The quantitative estimate of drug-likeness (QED) is 0.878. The van der Waals surface area contributed by atoms with Crippen LogP contribution >= 0.6 is 0 Å². The topological polar surface area (TPSA) is 70.4 Å². The zero-order valence-corrected chi connectivity index (χ0v) is 11.6. The average molecular weight is 274 g/mol. The zero-order chi connectivity index (χ0) is 14.4. The zero-order valence-electron chi connectivity index (χ0n) is 11.6. The number of amides is 2. The van der Waals surface area contributed by atoms with Gasteiger partial charge in [0.25, 0.3) is 0 Å². The Bertz CT molecular complexity index is 533. The summed E-state index contributed by atoms with van der Waals surface area (Å²) in [6.07, 6.45) is 1.40. The van der Waals surface area contributed by atoms with Gasteiger partial charge in [0.1, 0.15) is 6.26 Å². The van der Waals surface area contributed by atoms with Crippen LogP contribution in [0, 0.1) is 0 Å². The Hall–Kier alpha value is -2.50. The molecule has 20 heavy (non-hydrogen) atoms. The van der Waals surface area contributed by atoms with Crippen LogP contribution in [0.1, 0.15) is 13.8 Å². The van der Waals surface area contributed by atoms with Crippen molar-refractivity contribution in [2.45, 2.75) is 13.8 Å². The van der Waals surface area contributed by atoms with Gasteiger partial charge in [-0.25, -0.2) is 4.79 Å². The molecule has 2 rings (SSSR count). The third-order valence-electron chi connectivity index (χ3n) is 2.93. The Morgan fingerprint density at radius 1 is 1.15 bits per heavy atom. The van der Waals surface area contributed by atoms with Crippen molar-refractivity contribution in [1.29, 1.82) is 0 Å². The highest BCUT2D eigenvalue weighted by atomic mass is 16.5. The van der Waals surface area contributed by atoms with Gasteiger partial charge in [0.15, 0.2) is 5.82 Å². The van der Waals surface area contributed by atoms with Crippen molar-refractivity contribution in [3.63, 3.8) is 0 Å². The van der Waals surface area contributed by atoms with Gasteiger partial charge in [-0.15, -0.1) is 0 Å². The van der Waals surface area contributed by atoms with Crippen LogP contribution in [0.15, 0.2) is 41.1 Å². The first kappa shape index (κ1) is 13.9. The summed E-state index contributed by atoms with van der Waals surface area (Å²) >= 11 is 0. The van der Waals surface area contributed by atoms with Crippen LogP contribution in [0.25, 0.3) is 0 Å². The summed E-state index contributed by atoms with van der Waals surface area (Å²) in [4.78, 5) is 13.9. The highest BCUT2D eigenvalue weighted by Gasteiger charge is 2.05. The number of anilines is 3. The third kappa shape index (κ3) is 3.50. The van der Waals surface area contributed by atoms with E-state index in [2.05, 4.69) is 39.1 Å². The SMILES string of the molecule is CCN(CC)c1ccc(NC(=O)Nc2ccon2)cc1. The maximum absolute atomic E-state index is 11.7. The first-order valence-electron chi connectivity index (χ1n) is 6.56. The summed E-state index contributed by atoms with van der Waals surface area (Å²) in [5.74, 6) is 0.377. The minimum Gasteiger partial charge on any atom is -0.372 e. The fourth-order valence-corrected chi connectivity index (χ4v) is 1.90. The fraction of sp³-hybridized carbons (Fsp3) is 0.286. The lowest BCUT2D eigenvalue weighted by Gasteiger charge is -2.21. The van der Waals surface area contributed by atoms with Gasteiger partial charge >= 0.3 is 6.03 Å². The molecule has 0 radical (unpaired) electrons. The van der Waals surface area contributed by atoms with Crippen molar-refractivity contribution in [2.75, 3.05) is 28.6 Å². The van der Waals surface area contributed by atoms with Gasteiger partial charge < -0.3 is 14.7 Å². The molecule has 0 atom stereocenters. The lowest BCUT2D eigenvalue weighted by molar-refractivity contribution is 0.262. The van der Waals surface area contributed by atoms with Gasteiger partial charge in [-0.3, -0.25) is 5.32 Å². The van der Waals surface area contributed by atoms with Crippen LogP contribution in [0.2, 0.25) is 0 Å². The fourth-order valence-electron chi connectivity index (χ4n) is 1.90. The molecule has 0 fully saturated rings. The molecular formula is C14H18N4O2. The largest absolute Gasteiger partial charge is 0.372 e. The molecule has 0 saturated carbocycles. The molecule has 0 aliphatic heterocycles. The molecular weight excluding hydrogens is 256 g/mol. The second kappa shape index (κ2) is 6.60. The summed E-state index contributed by atoms with van der Waals surface area (Å²) in [7, 11) is 0. The van der Waals surface area contributed by atoms with Gasteiger partial charge in [-0.05, 0) is 38.1 Å². The molecule has 6 heteroatoms. The van der Waals surface area contributed by atoms with Gasteiger partial charge in [0, 0.05) is 30.5 Å². The minimum absolute atomic E-state index is 0.352. The van der Waals surface area contributed by atoms with Crippen LogP contribution in [0.4, 0.5) is 22.0 Å². The number of urea groups is 1. The van der Waals surface area contributed by atoms with E-state index in [4.69, 9.17) is 0 Å². The molecule has 0 aliphatic carbocycles. The lowest BCUT2D eigenvalue weighted by Crippen LogP contribution is -2.22. The Morgan fingerprint density at radius 3 is 2.40 bits per heavy atom. The molecule has 1 heterocycles. The predicted molar refractivity (Wildman–Crippen MR) is 79.1 cm³/mol. The van der Waals surface area contributed by atoms with Crippen LogP contribution in [0.5, 0.6) is 0 Å². The van der Waals surface area contributed by atoms with Gasteiger partial charge in [0.2, 0.25) is 0 Å². The molecule has 0 spiro atoms. The van der Waals surface area contributed by atoms with Gasteiger partial charge in [-0.2, -0.15) is 0 Å². The van der Waals surface area contributed by atoms with E-state index in [-0.39, 0.29) is 6.03 Å². The molecule has 0 unspecified atom stereocenters. The highest BCUT2D eigenvalue weighted by Crippen LogP contribution is 2.17. The number of carbonyl (C=O) groups excluding carboxylic acids is 1. The molecule has 0 bridgehead atoms. The van der Waals surface area contributed by atoms with E-state index < -0.39 is 0 Å². The Kier molecular flexibility index (Phi) is 4.60. The number of hydrogen-bond donors (Lipinski definition) is 2. The van der Waals surface area contributed by atoms with Crippen molar-refractivity contribution in [1.82, 2.24) is 5.16 Å². The molecule has 106 valence electrons. The second-order valence-corrected chi connectivity index (χ2v) is 4.18. The van der Waals surface area contributed by atoms with E-state index in [1.54, 1.807) is 6.07 Å². The molecule has 2 N–H and O–H groups in total. The molecule has 0 aliphatic rings. The highest BCUT2D eigenvalue weighted by molar-refractivity contribution is 5.99. The van der Waals surface area contributed by atoms with Crippen molar-refractivity contribution in [3.05, 3.63) is 36.6 Å². The van der Waals surface area contributed by atoms with E-state index in [1.807, 2.05) is 24.3 Å². The monoisotopic (exact) mass is 274 g/mol. The molecule has 1 aromatic heterocycles. The summed E-state index contributed by atoms with van der Waals surface area (Å²) in [5.41, 5.74) is 1.86. The number of aromatic nitrogens is 1. The minimum atomic E-state index is -0.352. The number of hydrogen-bond acceptors (Lipinski definition) is 4. The first-order chi connectivity index (χ1) is 9.72. The predicted octanol–water partition coefficient (Wildman–Crippen LogP) is 3.16. The van der Waals surface area contributed by atoms with E-state index >= 15 is 0 Å². The summed E-state index contributed by atoms with van der Waals surface area (Å²) in [6.45, 7) is 6.13. The second-order valence-electron chi connectivity index (χ2n) is 4.18. The number of nitrogens with zero attached hydrogens (tertiary/aromatic N) is 2. The van der Waals surface area contributed by atoms with E-state index in [0.717, 1.165) is 24.5 Å². The smallest absolute Gasteiger partial charge is 0.324 e. The van der Waals surface area contributed by atoms with Crippen LogP contribution in [-0.4, -0.2) is 24.3 Å². The number of rotatable bonds is 5. The maximum atomic E-state index is 11.7. The molecule has 6 nitrogen and oxygen atoms in total. The molecule has 2 amide bonds. The maximum Gasteiger partial charge on any atom is 0.324 e.